The first-order chi connectivity index (χ1) is 14.7. The summed E-state index contributed by atoms with van der Waals surface area (Å²) < 4.78 is 0. The monoisotopic (exact) mass is 417 g/mol. The second-order valence-electron chi connectivity index (χ2n) is 7.77. The third-order valence-corrected chi connectivity index (χ3v) is 7.05. The Morgan fingerprint density at radius 2 is 1.60 bits per heavy atom. The van der Waals surface area contributed by atoms with E-state index in [0.717, 1.165) is 30.5 Å². The maximum atomic E-state index is 13.8. The van der Waals surface area contributed by atoms with Crippen molar-refractivity contribution in [3.63, 3.8) is 0 Å². The normalized spacial score (nSPS) is 21.2. The van der Waals surface area contributed by atoms with Crippen LogP contribution in [0.4, 0.5) is 4.79 Å². The zero-order valence-electron chi connectivity index (χ0n) is 16.5. The molecule has 2 aromatic carbocycles. The van der Waals surface area contributed by atoms with E-state index in [9.17, 15) is 9.59 Å². The number of likely N-dealkylation sites (tertiary alicyclic amines) is 1. The van der Waals surface area contributed by atoms with Gasteiger partial charge in [-0.3, -0.25) is 9.69 Å². The highest BCUT2D eigenvalue weighted by atomic mass is 32.1. The first-order valence-electron chi connectivity index (χ1n) is 10.2. The molecule has 1 N–H and O–H groups in total. The van der Waals surface area contributed by atoms with Gasteiger partial charge >= 0.3 is 6.03 Å². The number of imide groups is 1. The molecule has 2 saturated heterocycles. The van der Waals surface area contributed by atoms with E-state index < -0.39 is 5.54 Å². The molecule has 0 saturated carbocycles. The Kier molecular flexibility index (Phi) is 4.89. The van der Waals surface area contributed by atoms with E-state index in [-0.39, 0.29) is 18.0 Å². The van der Waals surface area contributed by atoms with Crippen LogP contribution in [0.25, 0.3) is 0 Å². The predicted octanol–water partition coefficient (Wildman–Crippen LogP) is 4.34. The third-order valence-electron chi connectivity index (χ3n) is 6.08. The van der Waals surface area contributed by atoms with Crippen LogP contribution in [0.15, 0.2) is 78.2 Å². The second kappa shape index (κ2) is 7.70. The van der Waals surface area contributed by atoms with Gasteiger partial charge in [-0.05, 0) is 35.4 Å². The molecule has 0 unspecified atom stereocenters. The van der Waals surface area contributed by atoms with Crippen LogP contribution >= 0.6 is 11.3 Å². The lowest BCUT2D eigenvalue weighted by atomic mass is 9.83. The summed E-state index contributed by atoms with van der Waals surface area (Å²) in [5.41, 5.74) is 0.346. The van der Waals surface area contributed by atoms with Crippen molar-refractivity contribution in [1.82, 2.24) is 15.1 Å². The molecule has 152 valence electrons. The van der Waals surface area contributed by atoms with Crippen molar-refractivity contribution in [2.45, 2.75) is 24.4 Å². The molecule has 2 aliphatic rings. The molecule has 6 heteroatoms. The molecule has 0 bridgehead atoms. The summed E-state index contributed by atoms with van der Waals surface area (Å²) >= 11 is 1.73. The number of rotatable bonds is 5. The molecule has 3 heterocycles. The minimum Gasteiger partial charge on any atom is -0.315 e. The van der Waals surface area contributed by atoms with E-state index in [2.05, 4.69) is 27.7 Å². The van der Waals surface area contributed by atoms with Crippen LogP contribution in [0.2, 0.25) is 0 Å². The molecular formula is C24H23N3O2S. The minimum atomic E-state index is -1.20. The Morgan fingerprint density at radius 1 is 0.933 bits per heavy atom. The fourth-order valence-electron chi connectivity index (χ4n) is 4.62. The Morgan fingerprint density at radius 3 is 2.20 bits per heavy atom. The number of amides is 3. The Bertz CT molecular complexity index is 997. The molecule has 3 amide bonds. The van der Waals surface area contributed by atoms with Crippen LogP contribution in [0.5, 0.6) is 0 Å². The number of nitrogens with zero attached hydrogens (tertiary/aromatic N) is 2. The molecular weight excluding hydrogens is 394 g/mol. The highest BCUT2D eigenvalue weighted by Crippen LogP contribution is 2.38. The number of hydrogen-bond acceptors (Lipinski definition) is 4. The van der Waals surface area contributed by atoms with Crippen LogP contribution in [0.1, 0.15) is 34.9 Å². The summed E-state index contributed by atoms with van der Waals surface area (Å²) in [6.07, 6.45) is 2.11. The van der Waals surface area contributed by atoms with Gasteiger partial charge in [0.2, 0.25) is 0 Å². The minimum absolute atomic E-state index is 0.221. The number of nitrogens with one attached hydrogen (secondary N) is 1. The van der Waals surface area contributed by atoms with Gasteiger partial charge in [0.15, 0.2) is 5.54 Å². The Balaban J connectivity index is 1.50. The third kappa shape index (κ3) is 3.04. The highest BCUT2D eigenvalue weighted by molar-refractivity contribution is 7.10. The molecule has 1 atom stereocenters. The maximum absolute atomic E-state index is 13.8. The largest absolute Gasteiger partial charge is 0.326 e. The van der Waals surface area contributed by atoms with Crippen LogP contribution in [-0.4, -0.2) is 35.0 Å². The van der Waals surface area contributed by atoms with E-state index in [1.165, 1.54) is 9.78 Å². The number of hydrogen-bond donors (Lipinski definition) is 1. The summed E-state index contributed by atoms with van der Waals surface area (Å²) in [5, 5.41) is 5.12. The summed E-state index contributed by atoms with van der Waals surface area (Å²) in [5.74, 6) is -0.221. The van der Waals surface area contributed by atoms with E-state index in [4.69, 9.17) is 0 Å². The molecule has 0 radical (unpaired) electrons. The average Bonchev–Trinajstić information content (AvgIpc) is 3.52. The topological polar surface area (TPSA) is 52.7 Å². The van der Waals surface area contributed by atoms with Crippen molar-refractivity contribution < 1.29 is 9.59 Å². The highest BCUT2D eigenvalue weighted by Gasteiger charge is 2.54. The lowest BCUT2D eigenvalue weighted by molar-refractivity contribution is -0.131. The van der Waals surface area contributed by atoms with Crippen LogP contribution < -0.4 is 5.32 Å². The molecule has 1 aromatic heterocycles. The number of urea groups is 1. The van der Waals surface area contributed by atoms with Gasteiger partial charge in [0, 0.05) is 17.5 Å². The van der Waals surface area contributed by atoms with Crippen molar-refractivity contribution in [3.8, 4) is 0 Å². The van der Waals surface area contributed by atoms with Gasteiger partial charge < -0.3 is 5.32 Å². The summed E-state index contributed by atoms with van der Waals surface area (Å²) in [6, 6.07) is 23.1. The molecule has 5 nitrogen and oxygen atoms in total. The lowest BCUT2D eigenvalue weighted by Gasteiger charge is -2.30. The van der Waals surface area contributed by atoms with Gasteiger partial charge in [0.1, 0.15) is 0 Å². The quantitative estimate of drug-likeness (QED) is 0.629. The number of carbonyl (C=O) groups excluding carboxylic acids is 2. The molecule has 5 rings (SSSR count). The predicted molar refractivity (Wildman–Crippen MR) is 117 cm³/mol. The molecule has 30 heavy (non-hydrogen) atoms. The van der Waals surface area contributed by atoms with Crippen LogP contribution in [-0.2, 0) is 10.3 Å². The SMILES string of the molecule is O=C1NC(c2ccccc2)(c2ccccc2)C(=O)N1CN1CCC[C@@H]1c1cccs1. The summed E-state index contributed by atoms with van der Waals surface area (Å²) in [4.78, 5) is 31.9. The lowest BCUT2D eigenvalue weighted by Crippen LogP contribution is -2.46. The average molecular weight is 418 g/mol. The van der Waals surface area contributed by atoms with Gasteiger partial charge in [-0.1, -0.05) is 66.7 Å². The number of carbonyl (C=O) groups is 2. The van der Waals surface area contributed by atoms with Crippen molar-refractivity contribution in [3.05, 3.63) is 94.2 Å². The fraction of sp³-hybridized carbons (Fsp3) is 0.250. The van der Waals surface area contributed by atoms with Crippen LogP contribution in [0.3, 0.4) is 0 Å². The van der Waals surface area contributed by atoms with Gasteiger partial charge in [-0.2, -0.15) is 0 Å². The molecule has 2 fully saturated rings. The van der Waals surface area contributed by atoms with Gasteiger partial charge in [-0.15, -0.1) is 11.3 Å². The summed E-state index contributed by atoms with van der Waals surface area (Å²) in [6.45, 7) is 1.18. The van der Waals surface area contributed by atoms with Crippen molar-refractivity contribution >= 4 is 23.3 Å². The molecule has 3 aromatic rings. The Hall–Kier alpha value is -2.96. The smallest absolute Gasteiger partial charge is 0.315 e. The first-order valence-corrected chi connectivity index (χ1v) is 11.1. The summed E-state index contributed by atoms with van der Waals surface area (Å²) in [7, 11) is 0. The van der Waals surface area contributed by atoms with Gasteiger partial charge in [0.05, 0.1) is 6.67 Å². The number of thiophene rings is 1. The maximum Gasteiger partial charge on any atom is 0.326 e. The zero-order valence-corrected chi connectivity index (χ0v) is 17.3. The van der Waals surface area contributed by atoms with E-state index in [1.54, 1.807) is 11.3 Å². The zero-order chi connectivity index (χ0) is 20.6. The Labute approximate surface area is 179 Å². The van der Waals surface area contributed by atoms with Gasteiger partial charge in [-0.25, -0.2) is 9.69 Å². The standard InChI is InChI=1S/C24H23N3O2S/c28-22-24(18-9-3-1-4-10-18,19-11-5-2-6-12-19)25-23(29)27(22)17-26-15-7-13-20(26)21-14-8-16-30-21/h1-6,8-12,14,16,20H,7,13,15,17H2,(H,25,29)/t20-/m1/s1. The molecule has 0 aliphatic carbocycles. The first kappa shape index (κ1) is 19.0. The van der Waals surface area contributed by atoms with Crippen LogP contribution in [0, 0.1) is 0 Å². The number of benzene rings is 2. The fourth-order valence-corrected chi connectivity index (χ4v) is 5.51. The second-order valence-corrected chi connectivity index (χ2v) is 8.75. The van der Waals surface area contributed by atoms with E-state index >= 15 is 0 Å². The van der Waals surface area contributed by atoms with Gasteiger partial charge in [0.25, 0.3) is 5.91 Å². The van der Waals surface area contributed by atoms with Crippen molar-refractivity contribution in [2.75, 3.05) is 13.2 Å². The van der Waals surface area contributed by atoms with Crippen molar-refractivity contribution in [1.29, 1.82) is 0 Å². The molecule has 0 spiro atoms. The van der Waals surface area contributed by atoms with E-state index in [1.807, 2.05) is 60.7 Å². The van der Waals surface area contributed by atoms with E-state index in [0.29, 0.717) is 6.67 Å². The molecule has 2 aliphatic heterocycles. The van der Waals surface area contributed by atoms with Crippen molar-refractivity contribution in [2.24, 2.45) is 0 Å².